The van der Waals surface area contributed by atoms with E-state index in [1.807, 2.05) is 60.7 Å². The van der Waals surface area contributed by atoms with Crippen molar-refractivity contribution in [1.82, 2.24) is 19.5 Å². The molecule has 0 aliphatic rings. The minimum atomic E-state index is -0.619. The molecule has 0 aliphatic heterocycles. The smallest absolute Gasteiger partial charge is 0.164 e. The van der Waals surface area contributed by atoms with Crippen molar-refractivity contribution in [1.29, 1.82) is 0 Å². The molecule has 0 N–H and O–H groups in total. The Morgan fingerprint density at radius 1 is 0.451 bits per heavy atom. The SMILES string of the molecule is [2H]c1c([2H])c([2H])c(-c2nc(-c3ccc4c(c3)oc3cccc(-n5c6ccccc6c6ccc7oc8ccccc8c7c65)c34)nc(-c3c([2H])c([2H])c([2H])c([2H])c3[2H])n2)c([2H])c1[2H]. The monoisotopic (exact) mass is 664 g/mol. The quantitative estimate of drug-likeness (QED) is 0.187. The van der Waals surface area contributed by atoms with Gasteiger partial charge in [-0.25, -0.2) is 15.0 Å². The summed E-state index contributed by atoms with van der Waals surface area (Å²) in [5.41, 5.74) is 5.09. The Hall–Kier alpha value is -7.05. The molecule has 11 aromatic rings. The number of rotatable bonds is 4. The number of hydrogen-bond donors (Lipinski definition) is 0. The number of furan rings is 2. The largest absolute Gasteiger partial charge is 0.456 e. The number of aromatic nitrogens is 4. The molecule has 4 heterocycles. The number of hydrogen-bond acceptors (Lipinski definition) is 5. The second-order valence-electron chi connectivity index (χ2n) is 12.1. The lowest BCUT2D eigenvalue weighted by molar-refractivity contribution is 0.669. The molecule has 0 unspecified atom stereocenters. The van der Waals surface area contributed by atoms with E-state index in [9.17, 15) is 0 Å². The Labute approximate surface area is 304 Å². The summed E-state index contributed by atoms with van der Waals surface area (Å²) in [6.45, 7) is 0. The molecule has 0 atom stereocenters. The Balaban J connectivity index is 1.17. The molecule has 0 aliphatic carbocycles. The Kier molecular flexibility index (Phi) is 4.17. The second-order valence-corrected chi connectivity index (χ2v) is 12.1. The van der Waals surface area contributed by atoms with Gasteiger partial charge in [0.05, 0.1) is 41.2 Å². The zero-order valence-corrected chi connectivity index (χ0v) is 26.3. The predicted octanol–water partition coefficient (Wildman–Crippen LogP) is 11.8. The van der Waals surface area contributed by atoms with Crippen LogP contribution < -0.4 is 0 Å². The summed E-state index contributed by atoms with van der Waals surface area (Å²) >= 11 is 0. The van der Waals surface area contributed by atoms with Crippen molar-refractivity contribution >= 4 is 65.7 Å². The highest BCUT2D eigenvalue weighted by atomic mass is 16.3. The van der Waals surface area contributed by atoms with Crippen LogP contribution in [0.2, 0.25) is 0 Å². The third-order valence-electron chi connectivity index (χ3n) is 9.23. The lowest BCUT2D eigenvalue weighted by atomic mass is 10.1. The minimum absolute atomic E-state index is 0.0576. The van der Waals surface area contributed by atoms with Crippen LogP contribution in [0.25, 0.3) is 106 Å². The van der Waals surface area contributed by atoms with E-state index in [0.29, 0.717) is 16.7 Å². The zero-order chi connectivity index (χ0) is 42.2. The van der Waals surface area contributed by atoms with Crippen molar-refractivity contribution in [2.45, 2.75) is 0 Å². The van der Waals surface area contributed by atoms with Crippen molar-refractivity contribution in [2.75, 3.05) is 0 Å². The van der Waals surface area contributed by atoms with Gasteiger partial charge in [0.2, 0.25) is 0 Å². The number of fused-ring (bicyclic) bond motifs is 10. The molecule has 0 fully saturated rings. The van der Waals surface area contributed by atoms with Crippen LogP contribution in [0, 0.1) is 0 Å². The maximum atomic E-state index is 8.67. The van der Waals surface area contributed by atoms with Crippen molar-refractivity contribution < 1.29 is 22.5 Å². The van der Waals surface area contributed by atoms with Crippen molar-refractivity contribution in [3.8, 4) is 39.9 Å². The van der Waals surface area contributed by atoms with E-state index < -0.39 is 60.4 Å². The summed E-state index contributed by atoms with van der Waals surface area (Å²) in [6.07, 6.45) is 0. The molecule has 0 spiro atoms. The molecule has 11 rings (SSSR count). The van der Waals surface area contributed by atoms with Gasteiger partial charge in [0.15, 0.2) is 17.5 Å². The van der Waals surface area contributed by atoms with Gasteiger partial charge in [-0.1, -0.05) is 109 Å². The van der Waals surface area contributed by atoms with Crippen LogP contribution in [0.15, 0.2) is 166 Å². The highest BCUT2D eigenvalue weighted by Gasteiger charge is 2.22. The Bertz CT molecular complexity index is 3600. The molecule has 0 saturated carbocycles. The van der Waals surface area contributed by atoms with E-state index in [1.165, 1.54) is 0 Å². The van der Waals surface area contributed by atoms with Gasteiger partial charge in [-0.3, -0.25) is 0 Å². The first kappa shape index (κ1) is 19.8. The van der Waals surface area contributed by atoms with Crippen LogP contribution in [0.4, 0.5) is 0 Å². The summed E-state index contributed by atoms with van der Waals surface area (Å²) in [6, 6.07) is 25.4. The van der Waals surface area contributed by atoms with Crippen LogP contribution in [0.5, 0.6) is 0 Å². The summed E-state index contributed by atoms with van der Waals surface area (Å²) < 4.78 is 99.3. The molecule has 6 nitrogen and oxygen atoms in total. The zero-order valence-electron chi connectivity index (χ0n) is 36.3. The van der Waals surface area contributed by atoms with Gasteiger partial charge in [0, 0.05) is 38.2 Å². The number of para-hydroxylation sites is 2. The highest BCUT2D eigenvalue weighted by Crippen LogP contribution is 2.43. The fourth-order valence-corrected chi connectivity index (χ4v) is 7.10. The molecule has 238 valence electrons. The first-order valence-electron chi connectivity index (χ1n) is 21.1. The van der Waals surface area contributed by atoms with E-state index in [0.717, 1.165) is 60.2 Å². The third kappa shape index (κ3) is 4.20. The topological polar surface area (TPSA) is 69.9 Å². The summed E-state index contributed by atoms with van der Waals surface area (Å²) in [7, 11) is 0. The van der Waals surface area contributed by atoms with Crippen molar-refractivity contribution in [2.24, 2.45) is 0 Å². The molecule has 0 radical (unpaired) electrons. The summed E-state index contributed by atoms with van der Waals surface area (Å²) in [5, 5.41) is 5.68. The molecule has 0 amide bonds. The summed E-state index contributed by atoms with van der Waals surface area (Å²) in [5.74, 6) is -0.752. The first-order chi connectivity index (χ1) is 29.4. The minimum Gasteiger partial charge on any atom is -0.456 e. The molecule has 4 aromatic heterocycles. The molecule has 6 heteroatoms. The van der Waals surface area contributed by atoms with E-state index >= 15 is 0 Å². The fraction of sp³-hybridized carbons (Fsp3) is 0. The second kappa shape index (κ2) is 10.7. The van der Waals surface area contributed by atoms with Gasteiger partial charge < -0.3 is 13.4 Å². The van der Waals surface area contributed by atoms with Gasteiger partial charge in [-0.15, -0.1) is 0 Å². The van der Waals surface area contributed by atoms with E-state index in [1.54, 1.807) is 12.1 Å². The van der Waals surface area contributed by atoms with E-state index in [4.69, 9.17) is 22.5 Å². The lowest BCUT2D eigenvalue weighted by Gasteiger charge is -2.10. The molecule has 7 aromatic carbocycles. The van der Waals surface area contributed by atoms with Gasteiger partial charge >= 0.3 is 0 Å². The van der Waals surface area contributed by atoms with Gasteiger partial charge in [0.25, 0.3) is 0 Å². The maximum Gasteiger partial charge on any atom is 0.164 e. The van der Waals surface area contributed by atoms with Crippen LogP contribution in [-0.4, -0.2) is 19.5 Å². The predicted molar refractivity (Wildman–Crippen MR) is 205 cm³/mol. The van der Waals surface area contributed by atoms with Crippen LogP contribution in [-0.2, 0) is 0 Å². The van der Waals surface area contributed by atoms with Crippen LogP contribution in [0.3, 0.4) is 0 Å². The number of benzene rings is 7. The fourth-order valence-electron chi connectivity index (χ4n) is 7.10. The molecule has 51 heavy (non-hydrogen) atoms. The Morgan fingerprint density at radius 2 is 1.04 bits per heavy atom. The number of nitrogens with zero attached hydrogens (tertiary/aromatic N) is 4. The molecular formula is C45H26N4O2. The van der Waals surface area contributed by atoms with Gasteiger partial charge in [0.1, 0.15) is 22.3 Å². The lowest BCUT2D eigenvalue weighted by Crippen LogP contribution is -2.00. The average molecular weight is 665 g/mol. The molecular weight excluding hydrogens is 629 g/mol. The molecule has 0 saturated heterocycles. The normalized spacial score (nSPS) is 14.7. The Morgan fingerprint density at radius 3 is 1.80 bits per heavy atom. The first-order valence-corrected chi connectivity index (χ1v) is 16.1. The van der Waals surface area contributed by atoms with Crippen molar-refractivity contribution in [3.63, 3.8) is 0 Å². The standard InChI is InChI=1S/C45H26N4O2/c1-3-12-27(13-4-1)43-46-44(28-14-5-2-6-15-28)48-45(47-43)29-22-23-33-39(26-29)51-37-21-11-19-35(40(33)37)49-34-18-9-7-16-30(34)31-24-25-38-41(42(31)49)32-17-8-10-20-36(32)50-38/h1-26H/i1D,2D,3D,4D,5D,6D,12D,13D,14D,15D. The van der Waals surface area contributed by atoms with Crippen LogP contribution in [0.1, 0.15) is 13.7 Å². The maximum absolute atomic E-state index is 8.67. The van der Waals surface area contributed by atoms with E-state index in [-0.39, 0.29) is 28.6 Å². The summed E-state index contributed by atoms with van der Waals surface area (Å²) in [4.78, 5) is 13.6. The van der Waals surface area contributed by atoms with Crippen molar-refractivity contribution in [3.05, 3.63) is 157 Å². The average Bonchev–Trinajstić information content (AvgIpc) is 3.95. The molecule has 0 bridgehead atoms. The van der Waals surface area contributed by atoms with Crippen LogP contribution >= 0.6 is 0 Å². The van der Waals surface area contributed by atoms with E-state index in [2.05, 4.69) is 43.8 Å². The third-order valence-corrected chi connectivity index (χ3v) is 9.23. The van der Waals surface area contributed by atoms with Gasteiger partial charge in [-0.05, 0) is 48.5 Å². The van der Waals surface area contributed by atoms with Gasteiger partial charge in [-0.2, -0.15) is 0 Å². The highest BCUT2D eigenvalue weighted by molar-refractivity contribution is 6.25.